The highest BCUT2D eigenvalue weighted by molar-refractivity contribution is 8.01. The third-order valence-corrected chi connectivity index (χ3v) is 6.35. The van der Waals surface area contributed by atoms with Crippen molar-refractivity contribution < 1.29 is 22.7 Å². The molecular weight excluding hydrogens is 501 g/mol. The maximum absolute atomic E-state index is 12.9. The van der Waals surface area contributed by atoms with Crippen molar-refractivity contribution >= 4 is 51.4 Å². The van der Waals surface area contributed by atoms with Gasteiger partial charge < -0.3 is 14.4 Å². The summed E-state index contributed by atoms with van der Waals surface area (Å²) in [6, 6.07) is 3.76. The summed E-state index contributed by atoms with van der Waals surface area (Å²) in [4.78, 5) is 14.0. The number of nitrogens with zero attached hydrogens (tertiary/aromatic N) is 5. The number of benzene rings is 1. The molecule has 3 rings (SSSR count). The Hall–Kier alpha value is -2.41. The summed E-state index contributed by atoms with van der Waals surface area (Å²) in [5, 5.41) is 15.8. The van der Waals surface area contributed by atoms with Gasteiger partial charge >= 0.3 is 11.5 Å². The number of ether oxygens (including phenoxy) is 1. The molecule has 1 aromatic heterocycles. The lowest BCUT2D eigenvalue weighted by Crippen LogP contribution is -2.38. The van der Waals surface area contributed by atoms with Gasteiger partial charge in [-0.25, -0.2) is 4.79 Å². The van der Waals surface area contributed by atoms with Crippen LogP contribution >= 0.6 is 23.3 Å². The molecule has 2 aromatic rings. The van der Waals surface area contributed by atoms with E-state index in [0.29, 0.717) is 6.04 Å². The van der Waals surface area contributed by atoms with E-state index < -0.39 is 11.5 Å². The monoisotopic (exact) mass is 532 g/mol. The van der Waals surface area contributed by atoms with Crippen molar-refractivity contribution in [1.82, 2.24) is 10.2 Å². The standard InChI is InChI=1S/C20H25F3N6O2S2.C2H6/c1-4-6-9-29-12(3)7-8-13-10-14(15(11-16(13)29)28-33-20(21,22)23)24-26-19-27-25-17(32-19)18(30)31-5-2;1-2/h10-12,28H,4-9H2,1-3H3;1-2H3. The van der Waals surface area contributed by atoms with Crippen LogP contribution in [0, 0.1) is 0 Å². The predicted molar refractivity (Wildman–Crippen MR) is 135 cm³/mol. The Morgan fingerprint density at radius 1 is 1.29 bits per heavy atom. The third-order valence-electron chi connectivity index (χ3n) is 5.01. The molecule has 8 nitrogen and oxygen atoms in total. The van der Waals surface area contributed by atoms with Crippen molar-refractivity contribution in [3.05, 3.63) is 22.7 Å². The average molecular weight is 533 g/mol. The molecule has 1 N–H and O–H groups in total. The highest BCUT2D eigenvalue weighted by atomic mass is 32.2. The second kappa shape index (κ2) is 13.6. The Labute approximate surface area is 211 Å². The quantitative estimate of drug-likeness (QED) is 0.201. The molecule has 0 saturated heterocycles. The first-order chi connectivity index (χ1) is 16.7. The van der Waals surface area contributed by atoms with E-state index in [1.165, 1.54) is 0 Å². The van der Waals surface area contributed by atoms with E-state index in [4.69, 9.17) is 4.74 Å². The van der Waals surface area contributed by atoms with Gasteiger partial charge in [0.25, 0.3) is 5.13 Å². The van der Waals surface area contributed by atoms with E-state index >= 15 is 0 Å². The van der Waals surface area contributed by atoms with Gasteiger partial charge in [-0.15, -0.1) is 20.4 Å². The Morgan fingerprint density at radius 3 is 2.69 bits per heavy atom. The van der Waals surface area contributed by atoms with Gasteiger partial charge in [0.05, 0.1) is 24.2 Å². The number of carbonyl (C=O) groups excluding carboxylic acids is 1. The largest absolute Gasteiger partial charge is 0.461 e. The van der Waals surface area contributed by atoms with E-state index in [9.17, 15) is 18.0 Å². The zero-order valence-electron chi connectivity index (χ0n) is 20.5. The molecule has 0 fully saturated rings. The third kappa shape index (κ3) is 8.34. The second-order valence-electron chi connectivity index (χ2n) is 7.39. The lowest BCUT2D eigenvalue weighted by Gasteiger charge is -2.37. The zero-order chi connectivity index (χ0) is 26.0. The van der Waals surface area contributed by atoms with Crippen LogP contribution in [0.3, 0.4) is 0 Å². The molecular formula is C22H31F3N6O2S2. The summed E-state index contributed by atoms with van der Waals surface area (Å²) >= 11 is 0.541. The molecule has 0 radical (unpaired) electrons. The fourth-order valence-corrected chi connectivity index (χ4v) is 4.37. The summed E-state index contributed by atoms with van der Waals surface area (Å²) in [7, 11) is 0. The van der Waals surface area contributed by atoms with E-state index in [0.717, 1.165) is 54.8 Å². The molecule has 0 bridgehead atoms. The predicted octanol–water partition coefficient (Wildman–Crippen LogP) is 7.68. The highest BCUT2D eigenvalue weighted by Gasteiger charge is 2.30. The fourth-order valence-electron chi connectivity index (χ4n) is 3.42. The molecule has 35 heavy (non-hydrogen) atoms. The number of esters is 1. The minimum absolute atomic E-state index is 0.0303. The van der Waals surface area contributed by atoms with Crippen molar-refractivity contribution in [2.45, 2.75) is 71.9 Å². The average Bonchev–Trinajstić information content (AvgIpc) is 3.31. The molecule has 2 heterocycles. The maximum Gasteiger partial charge on any atom is 0.461 e. The van der Waals surface area contributed by atoms with Crippen molar-refractivity contribution in [3.8, 4) is 0 Å². The van der Waals surface area contributed by atoms with E-state index in [-0.39, 0.29) is 40.1 Å². The summed E-state index contributed by atoms with van der Waals surface area (Å²) in [6.07, 6.45) is 3.75. The SMILES string of the molecule is CC.CCCCN1c2cc(NSC(F)(F)F)c(N=Nc3nnc(C(=O)OCC)s3)cc2CCC1C. The van der Waals surface area contributed by atoms with Gasteiger partial charge in [0.2, 0.25) is 5.01 Å². The summed E-state index contributed by atoms with van der Waals surface area (Å²) in [6.45, 7) is 10.9. The number of hydrogen-bond acceptors (Lipinski definition) is 10. The molecule has 1 atom stereocenters. The first-order valence-corrected chi connectivity index (χ1v) is 13.2. The Kier molecular flexibility index (Phi) is 11.2. The van der Waals surface area contributed by atoms with Gasteiger partial charge in [-0.1, -0.05) is 38.5 Å². The molecule has 1 unspecified atom stereocenters. The van der Waals surface area contributed by atoms with E-state index in [1.807, 2.05) is 13.8 Å². The van der Waals surface area contributed by atoms with E-state index in [1.54, 1.807) is 19.1 Å². The Balaban J connectivity index is 0.00000210. The van der Waals surface area contributed by atoms with Crippen molar-refractivity contribution in [3.63, 3.8) is 0 Å². The zero-order valence-corrected chi connectivity index (χ0v) is 22.1. The normalized spacial score (nSPS) is 15.4. The molecule has 1 aliphatic heterocycles. The van der Waals surface area contributed by atoms with E-state index in [2.05, 4.69) is 43.9 Å². The number of rotatable bonds is 9. The molecule has 194 valence electrons. The van der Waals surface area contributed by atoms with Crippen LogP contribution < -0.4 is 9.62 Å². The van der Waals surface area contributed by atoms with Crippen LogP contribution in [0.15, 0.2) is 22.4 Å². The van der Waals surface area contributed by atoms with Gasteiger partial charge in [-0.2, -0.15) is 13.2 Å². The Morgan fingerprint density at radius 2 is 2.03 bits per heavy atom. The van der Waals surface area contributed by atoms with Crippen molar-refractivity contribution in [2.24, 2.45) is 10.2 Å². The van der Waals surface area contributed by atoms with Crippen LogP contribution in [0.2, 0.25) is 0 Å². The van der Waals surface area contributed by atoms with Crippen LogP contribution in [-0.2, 0) is 11.2 Å². The first-order valence-electron chi connectivity index (χ1n) is 11.6. The highest BCUT2D eigenvalue weighted by Crippen LogP contribution is 2.42. The smallest absolute Gasteiger partial charge is 0.461 e. The molecule has 13 heteroatoms. The topological polar surface area (TPSA) is 92.1 Å². The van der Waals surface area contributed by atoms with Gasteiger partial charge in [0.15, 0.2) is 0 Å². The van der Waals surface area contributed by atoms with Gasteiger partial charge in [0.1, 0.15) is 5.69 Å². The number of nitrogens with one attached hydrogen (secondary N) is 1. The van der Waals surface area contributed by atoms with Crippen LogP contribution in [0.5, 0.6) is 0 Å². The summed E-state index contributed by atoms with van der Waals surface area (Å²) in [5.74, 6) is -0.615. The van der Waals surface area contributed by atoms with Gasteiger partial charge in [0, 0.05) is 18.3 Å². The number of carbonyl (C=O) groups is 1. The number of fused-ring (bicyclic) bond motifs is 1. The number of aryl methyl sites for hydroxylation is 1. The number of halogens is 3. The van der Waals surface area contributed by atoms with Crippen LogP contribution in [0.25, 0.3) is 0 Å². The van der Waals surface area contributed by atoms with Gasteiger partial charge in [-0.3, -0.25) is 0 Å². The first kappa shape index (κ1) is 28.8. The molecule has 0 amide bonds. The number of alkyl halides is 3. The number of aromatic nitrogens is 2. The lowest BCUT2D eigenvalue weighted by molar-refractivity contribution is -0.0323. The van der Waals surface area contributed by atoms with Crippen LogP contribution in [0.4, 0.5) is 35.4 Å². The fraction of sp³-hybridized carbons (Fsp3) is 0.591. The number of azo groups is 1. The number of hydrogen-bond donors (Lipinski definition) is 1. The molecule has 0 aliphatic carbocycles. The molecule has 0 saturated carbocycles. The Bertz CT molecular complexity index is 1000. The maximum atomic E-state index is 12.9. The van der Waals surface area contributed by atoms with Gasteiger partial charge in [-0.05, 0) is 50.8 Å². The molecule has 1 aromatic carbocycles. The summed E-state index contributed by atoms with van der Waals surface area (Å²) < 4.78 is 45.9. The minimum atomic E-state index is -4.47. The van der Waals surface area contributed by atoms with Crippen LogP contribution in [-0.4, -0.2) is 40.9 Å². The minimum Gasteiger partial charge on any atom is -0.461 e. The number of anilines is 2. The number of unbranched alkanes of at least 4 members (excludes halogenated alkanes) is 1. The second-order valence-corrected chi connectivity index (χ2v) is 9.22. The molecule has 1 aliphatic rings. The van der Waals surface area contributed by atoms with Crippen LogP contribution in [0.1, 0.15) is 69.2 Å². The molecule has 0 spiro atoms. The van der Waals surface area contributed by atoms with Crippen molar-refractivity contribution in [1.29, 1.82) is 0 Å². The summed E-state index contributed by atoms with van der Waals surface area (Å²) in [5.41, 5.74) is -2.10. The lowest BCUT2D eigenvalue weighted by atomic mass is 9.95. The van der Waals surface area contributed by atoms with Crippen molar-refractivity contribution in [2.75, 3.05) is 22.8 Å².